The molecule has 0 aliphatic heterocycles. The van der Waals surface area contributed by atoms with Crippen molar-refractivity contribution in [1.29, 1.82) is 0 Å². The summed E-state index contributed by atoms with van der Waals surface area (Å²) >= 11 is 1.81. The van der Waals surface area contributed by atoms with Crippen LogP contribution in [0.15, 0.2) is 18.2 Å². The molecule has 3 heteroatoms. The van der Waals surface area contributed by atoms with E-state index in [-0.39, 0.29) is 12.6 Å². The van der Waals surface area contributed by atoms with Crippen molar-refractivity contribution in [2.45, 2.75) is 26.3 Å². The van der Waals surface area contributed by atoms with E-state index in [1.807, 2.05) is 11.8 Å². The molecule has 0 saturated heterocycles. The number of hydrogen-bond acceptors (Lipinski definition) is 3. The average Bonchev–Trinajstić information content (AvgIpc) is 2.24. The molecule has 0 aliphatic carbocycles. The number of benzene rings is 1. The van der Waals surface area contributed by atoms with Crippen LogP contribution in [0.25, 0.3) is 0 Å². The Morgan fingerprint density at radius 3 is 2.75 bits per heavy atom. The molecule has 90 valence electrons. The molecule has 3 N–H and O–H groups in total. The highest BCUT2D eigenvalue weighted by Crippen LogP contribution is 2.20. The fourth-order valence-electron chi connectivity index (χ4n) is 1.71. The molecule has 1 unspecified atom stereocenters. The molecule has 16 heavy (non-hydrogen) atoms. The van der Waals surface area contributed by atoms with Crippen molar-refractivity contribution in [2.24, 2.45) is 5.73 Å². The Kier molecular flexibility index (Phi) is 5.88. The summed E-state index contributed by atoms with van der Waals surface area (Å²) in [7, 11) is 0. The van der Waals surface area contributed by atoms with Crippen molar-refractivity contribution >= 4 is 11.8 Å². The third-order valence-electron chi connectivity index (χ3n) is 2.57. The predicted molar refractivity (Wildman–Crippen MR) is 71.9 cm³/mol. The van der Waals surface area contributed by atoms with Crippen LogP contribution >= 0.6 is 11.8 Å². The van der Waals surface area contributed by atoms with Gasteiger partial charge >= 0.3 is 0 Å². The first kappa shape index (κ1) is 13.6. The third-order valence-corrected chi connectivity index (χ3v) is 3.74. The minimum atomic E-state index is 0.101. The Hall–Kier alpha value is -0.510. The quantitative estimate of drug-likeness (QED) is 0.749. The minimum absolute atomic E-state index is 0.101. The lowest BCUT2D eigenvalue weighted by molar-refractivity contribution is 0.296. The Morgan fingerprint density at radius 1 is 1.38 bits per heavy atom. The van der Waals surface area contributed by atoms with E-state index in [1.54, 1.807) is 0 Å². The van der Waals surface area contributed by atoms with Gasteiger partial charge < -0.3 is 10.8 Å². The molecule has 0 aromatic heterocycles. The molecule has 0 saturated carbocycles. The summed E-state index contributed by atoms with van der Waals surface area (Å²) in [6.45, 7) is 4.48. The molecule has 0 heterocycles. The van der Waals surface area contributed by atoms with Crippen molar-refractivity contribution in [3.63, 3.8) is 0 Å². The van der Waals surface area contributed by atoms with Crippen molar-refractivity contribution < 1.29 is 5.11 Å². The number of aryl methyl sites for hydroxylation is 2. The highest BCUT2D eigenvalue weighted by Gasteiger charge is 2.08. The van der Waals surface area contributed by atoms with Gasteiger partial charge in [-0.3, -0.25) is 0 Å². The van der Waals surface area contributed by atoms with Gasteiger partial charge in [0.25, 0.3) is 0 Å². The van der Waals surface area contributed by atoms with Gasteiger partial charge in [-0.25, -0.2) is 0 Å². The predicted octanol–water partition coefficient (Wildman–Crippen LogP) is 2.42. The van der Waals surface area contributed by atoms with E-state index in [0.29, 0.717) is 0 Å². The fraction of sp³-hybridized carbons (Fsp3) is 0.538. The van der Waals surface area contributed by atoms with Gasteiger partial charge in [-0.15, -0.1) is 0 Å². The maximum atomic E-state index is 8.68. The monoisotopic (exact) mass is 239 g/mol. The Morgan fingerprint density at radius 2 is 2.12 bits per heavy atom. The smallest absolute Gasteiger partial charge is 0.0438 e. The van der Waals surface area contributed by atoms with Crippen molar-refractivity contribution in [1.82, 2.24) is 0 Å². The maximum absolute atomic E-state index is 8.68. The molecule has 0 fully saturated rings. The highest BCUT2D eigenvalue weighted by atomic mass is 32.2. The Bertz CT molecular complexity index is 328. The van der Waals surface area contributed by atoms with E-state index in [4.69, 9.17) is 10.8 Å². The second-order valence-corrected chi connectivity index (χ2v) is 5.27. The van der Waals surface area contributed by atoms with E-state index >= 15 is 0 Å². The van der Waals surface area contributed by atoms with Crippen LogP contribution in [-0.4, -0.2) is 23.2 Å². The van der Waals surface area contributed by atoms with Crippen LogP contribution < -0.4 is 5.73 Å². The number of rotatable bonds is 6. The lowest BCUT2D eigenvalue weighted by Gasteiger charge is -2.14. The zero-order chi connectivity index (χ0) is 12.0. The zero-order valence-electron chi connectivity index (χ0n) is 10.1. The van der Waals surface area contributed by atoms with Crippen molar-refractivity contribution in [3.05, 3.63) is 34.9 Å². The topological polar surface area (TPSA) is 46.2 Å². The van der Waals surface area contributed by atoms with Crippen molar-refractivity contribution in [3.8, 4) is 0 Å². The summed E-state index contributed by atoms with van der Waals surface area (Å²) < 4.78 is 0. The SMILES string of the molecule is Cc1ccc(C(N)CSCCCO)c(C)c1. The lowest BCUT2D eigenvalue weighted by atomic mass is 10.0. The largest absolute Gasteiger partial charge is 0.396 e. The van der Waals surface area contributed by atoms with E-state index in [9.17, 15) is 0 Å². The second kappa shape index (κ2) is 6.94. The molecule has 0 amide bonds. The second-order valence-electron chi connectivity index (χ2n) is 4.12. The van der Waals surface area contributed by atoms with Crippen LogP contribution in [-0.2, 0) is 0 Å². The molecular formula is C13H21NOS. The van der Waals surface area contributed by atoms with E-state index in [2.05, 4.69) is 32.0 Å². The minimum Gasteiger partial charge on any atom is -0.396 e. The van der Waals surface area contributed by atoms with Crippen LogP contribution in [0.1, 0.15) is 29.2 Å². The van der Waals surface area contributed by atoms with Crippen LogP contribution in [0, 0.1) is 13.8 Å². The average molecular weight is 239 g/mol. The van der Waals surface area contributed by atoms with Gasteiger partial charge in [0.05, 0.1) is 0 Å². The number of aliphatic hydroxyl groups excluding tert-OH is 1. The summed E-state index contributed by atoms with van der Waals surface area (Å²) in [5.74, 6) is 1.90. The number of hydrogen-bond donors (Lipinski definition) is 2. The molecule has 1 aromatic rings. The van der Waals surface area contributed by atoms with Gasteiger partial charge in [0.15, 0.2) is 0 Å². The van der Waals surface area contributed by atoms with E-state index in [0.717, 1.165) is 17.9 Å². The first-order valence-electron chi connectivity index (χ1n) is 5.66. The van der Waals surface area contributed by atoms with Gasteiger partial charge in [-0.1, -0.05) is 23.8 Å². The molecule has 0 spiro atoms. The maximum Gasteiger partial charge on any atom is 0.0438 e. The molecular weight excluding hydrogens is 218 g/mol. The summed E-state index contributed by atoms with van der Waals surface area (Å²) in [5.41, 5.74) is 9.94. The fourth-order valence-corrected chi connectivity index (χ4v) is 2.64. The molecule has 0 aliphatic rings. The summed E-state index contributed by atoms with van der Waals surface area (Å²) in [6.07, 6.45) is 0.851. The molecule has 2 nitrogen and oxygen atoms in total. The highest BCUT2D eigenvalue weighted by molar-refractivity contribution is 7.99. The Labute approximate surface area is 102 Å². The van der Waals surface area contributed by atoms with Crippen LogP contribution in [0.3, 0.4) is 0 Å². The van der Waals surface area contributed by atoms with Crippen molar-refractivity contribution in [2.75, 3.05) is 18.1 Å². The summed E-state index contributed by atoms with van der Waals surface area (Å²) in [4.78, 5) is 0. The first-order chi connectivity index (χ1) is 7.65. The van der Waals surface area contributed by atoms with Crippen LogP contribution in [0.5, 0.6) is 0 Å². The first-order valence-corrected chi connectivity index (χ1v) is 6.82. The number of thioether (sulfide) groups is 1. The van der Waals surface area contributed by atoms with Crippen LogP contribution in [0.4, 0.5) is 0 Å². The number of aliphatic hydroxyl groups is 1. The van der Waals surface area contributed by atoms with E-state index in [1.165, 1.54) is 16.7 Å². The van der Waals surface area contributed by atoms with Gasteiger partial charge in [0.1, 0.15) is 0 Å². The molecule has 1 aromatic carbocycles. The van der Waals surface area contributed by atoms with Gasteiger partial charge in [-0.2, -0.15) is 11.8 Å². The standard InChI is InChI=1S/C13H21NOS/c1-10-4-5-12(11(2)8-10)13(14)9-16-7-3-6-15/h4-5,8,13,15H,3,6-7,9,14H2,1-2H3. The lowest BCUT2D eigenvalue weighted by Crippen LogP contribution is -2.14. The van der Waals surface area contributed by atoms with Gasteiger partial charge in [0.2, 0.25) is 0 Å². The third kappa shape index (κ3) is 4.16. The normalized spacial score (nSPS) is 12.8. The molecule has 0 radical (unpaired) electrons. The summed E-state index contributed by atoms with van der Waals surface area (Å²) in [6, 6.07) is 6.51. The van der Waals surface area contributed by atoms with Gasteiger partial charge in [0, 0.05) is 18.4 Å². The molecule has 1 rings (SSSR count). The van der Waals surface area contributed by atoms with Crippen LogP contribution in [0.2, 0.25) is 0 Å². The zero-order valence-corrected chi connectivity index (χ0v) is 10.9. The summed E-state index contributed by atoms with van der Waals surface area (Å²) in [5, 5.41) is 8.68. The molecule has 0 bridgehead atoms. The van der Waals surface area contributed by atoms with E-state index < -0.39 is 0 Å². The van der Waals surface area contributed by atoms with Gasteiger partial charge in [-0.05, 0) is 37.1 Å². The Balaban J connectivity index is 2.49. The number of nitrogens with two attached hydrogens (primary N) is 1. The molecule has 1 atom stereocenters.